The maximum absolute atomic E-state index is 10.9. The number of esters is 3. The molecular weight excluding hydrogens is 248 g/mol. The van der Waals surface area contributed by atoms with Crippen molar-refractivity contribution in [3.63, 3.8) is 0 Å². The van der Waals surface area contributed by atoms with Crippen LogP contribution in [0.4, 0.5) is 0 Å². The zero-order valence-electron chi connectivity index (χ0n) is 9.17. The lowest BCUT2D eigenvalue weighted by Crippen LogP contribution is -2.08. The van der Waals surface area contributed by atoms with Crippen LogP contribution in [0.15, 0.2) is 24.3 Å². The number of rotatable bonds is 4. The standard InChI is InChI=1S/C10H10O6S/c1-15-7(11)3-4-8(12)16-9(13)5-6-10(14)17-2/h3-6H,1-2H3. The number of ether oxygens (including phenoxy) is 2. The molecule has 0 aromatic heterocycles. The fourth-order valence-electron chi connectivity index (χ4n) is 0.575. The Morgan fingerprint density at radius 2 is 1.35 bits per heavy atom. The summed E-state index contributed by atoms with van der Waals surface area (Å²) in [5.74, 6) is -2.77. The molecule has 0 aliphatic heterocycles. The Morgan fingerprint density at radius 1 is 0.882 bits per heavy atom. The highest BCUT2D eigenvalue weighted by Gasteiger charge is 2.05. The van der Waals surface area contributed by atoms with E-state index in [0.717, 1.165) is 43.2 Å². The molecule has 0 bridgehead atoms. The second-order valence-corrected chi connectivity index (χ2v) is 3.26. The number of methoxy groups -OCH3 is 1. The predicted octanol–water partition coefficient (Wildman–Crippen LogP) is 0.231. The van der Waals surface area contributed by atoms with Gasteiger partial charge < -0.3 is 9.47 Å². The third-order valence-corrected chi connectivity index (χ3v) is 1.85. The molecule has 0 amide bonds. The number of thioether (sulfide) groups is 1. The van der Waals surface area contributed by atoms with Crippen LogP contribution in [0.2, 0.25) is 0 Å². The van der Waals surface area contributed by atoms with Gasteiger partial charge in [-0.25, -0.2) is 14.4 Å². The summed E-state index contributed by atoms with van der Waals surface area (Å²) in [6, 6.07) is 0. The Hall–Kier alpha value is -1.89. The maximum atomic E-state index is 10.9. The van der Waals surface area contributed by atoms with Crippen LogP contribution in [0, 0.1) is 0 Å². The first-order valence-corrected chi connectivity index (χ1v) is 5.50. The molecule has 0 fully saturated rings. The number of carbonyl (C=O) groups excluding carboxylic acids is 4. The topological polar surface area (TPSA) is 86.7 Å². The van der Waals surface area contributed by atoms with Gasteiger partial charge in [0, 0.05) is 18.2 Å². The molecular formula is C10H10O6S. The summed E-state index contributed by atoms with van der Waals surface area (Å²) in [6.07, 6.45) is 4.90. The van der Waals surface area contributed by atoms with Gasteiger partial charge in [0.05, 0.1) is 7.11 Å². The van der Waals surface area contributed by atoms with Gasteiger partial charge in [-0.3, -0.25) is 4.79 Å². The van der Waals surface area contributed by atoms with Gasteiger partial charge in [-0.2, -0.15) is 0 Å². The Morgan fingerprint density at radius 3 is 1.82 bits per heavy atom. The SMILES string of the molecule is COC(=O)C=CC(=O)OC(=O)C=CC(=O)SC. The molecule has 0 radical (unpaired) electrons. The Bertz CT molecular complexity index is 346. The summed E-state index contributed by atoms with van der Waals surface area (Å²) < 4.78 is 8.44. The third kappa shape index (κ3) is 7.97. The molecule has 0 unspecified atom stereocenters. The molecule has 0 aromatic rings. The van der Waals surface area contributed by atoms with Crippen molar-refractivity contribution in [2.75, 3.05) is 13.4 Å². The van der Waals surface area contributed by atoms with E-state index in [1.807, 2.05) is 0 Å². The zero-order chi connectivity index (χ0) is 13.3. The van der Waals surface area contributed by atoms with Crippen molar-refractivity contribution in [3.05, 3.63) is 24.3 Å². The van der Waals surface area contributed by atoms with Crippen LogP contribution in [-0.2, 0) is 28.7 Å². The summed E-state index contributed by atoms with van der Waals surface area (Å²) in [5, 5.41) is -0.348. The molecule has 6 nitrogen and oxygen atoms in total. The molecule has 0 spiro atoms. The van der Waals surface area contributed by atoms with Crippen molar-refractivity contribution in [1.82, 2.24) is 0 Å². The van der Waals surface area contributed by atoms with Crippen LogP contribution >= 0.6 is 11.8 Å². The van der Waals surface area contributed by atoms with Crippen LogP contribution in [0.1, 0.15) is 0 Å². The van der Waals surface area contributed by atoms with Crippen LogP contribution in [-0.4, -0.2) is 36.4 Å². The Kier molecular flexibility index (Phi) is 7.36. The fourth-order valence-corrected chi connectivity index (χ4v) is 0.780. The molecule has 0 rings (SSSR count). The predicted molar refractivity (Wildman–Crippen MR) is 59.9 cm³/mol. The van der Waals surface area contributed by atoms with Crippen molar-refractivity contribution >= 4 is 34.8 Å². The molecule has 0 saturated heterocycles. The average Bonchev–Trinajstić information content (AvgIpc) is 2.32. The van der Waals surface area contributed by atoms with E-state index in [0.29, 0.717) is 0 Å². The fraction of sp³-hybridized carbons (Fsp3) is 0.200. The Labute approximate surface area is 102 Å². The van der Waals surface area contributed by atoms with Crippen molar-refractivity contribution in [2.45, 2.75) is 0 Å². The van der Waals surface area contributed by atoms with E-state index in [-0.39, 0.29) is 5.12 Å². The van der Waals surface area contributed by atoms with Gasteiger partial charge in [-0.1, -0.05) is 11.8 Å². The second kappa shape index (κ2) is 8.28. The summed E-state index contributed by atoms with van der Waals surface area (Å²) in [7, 11) is 1.14. The molecule has 7 heteroatoms. The van der Waals surface area contributed by atoms with E-state index in [9.17, 15) is 19.2 Å². The minimum absolute atomic E-state index is 0.348. The van der Waals surface area contributed by atoms with Gasteiger partial charge >= 0.3 is 17.9 Å². The van der Waals surface area contributed by atoms with Crippen LogP contribution in [0.3, 0.4) is 0 Å². The minimum Gasteiger partial charge on any atom is -0.466 e. The number of hydrogen-bond donors (Lipinski definition) is 0. The molecule has 0 aliphatic rings. The molecule has 0 saturated carbocycles. The van der Waals surface area contributed by atoms with E-state index in [1.165, 1.54) is 0 Å². The number of carbonyl (C=O) groups is 4. The lowest BCUT2D eigenvalue weighted by atomic mass is 10.5. The summed E-state index contributed by atoms with van der Waals surface area (Å²) in [6.45, 7) is 0. The smallest absolute Gasteiger partial charge is 0.338 e. The van der Waals surface area contributed by atoms with Crippen molar-refractivity contribution in [1.29, 1.82) is 0 Å². The van der Waals surface area contributed by atoms with E-state index in [2.05, 4.69) is 9.47 Å². The van der Waals surface area contributed by atoms with E-state index in [4.69, 9.17) is 0 Å². The van der Waals surface area contributed by atoms with E-state index >= 15 is 0 Å². The van der Waals surface area contributed by atoms with Gasteiger partial charge in [0.25, 0.3) is 0 Å². The molecule has 0 N–H and O–H groups in total. The summed E-state index contributed by atoms with van der Waals surface area (Å²) in [5.41, 5.74) is 0. The van der Waals surface area contributed by atoms with Gasteiger partial charge in [0.15, 0.2) is 0 Å². The highest BCUT2D eigenvalue weighted by atomic mass is 32.2. The van der Waals surface area contributed by atoms with Gasteiger partial charge in [0.1, 0.15) is 0 Å². The highest BCUT2D eigenvalue weighted by molar-refractivity contribution is 8.13. The number of hydrogen-bond acceptors (Lipinski definition) is 7. The molecule has 0 aromatic carbocycles. The lowest BCUT2D eigenvalue weighted by Gasteiger charge is -1.94. The first-order chi connectivity index (χ1) is 7.99. The van der Waals surface area contributed by atoms with Gasteiger partial charge in [0.2, 0.25) is 5.12 Å². The summed E-state index contributed by atoms with van der Waals surface area (Å²) >= 11 is 0.909. The molecule has 0 heterocycles. The van der Waals surface area contributed by atoms with Gasteiger partial charge in [-0.05, 0) is 12.3 Å². The van der Waals surface area contributed by atoms with Crippen molar-refractivity contribution in [2.24, 2.45) is 0 Å². The normalized spacial score (nSPS) is 10.5. The highest BCUT2D eigenvalue weighted by Crippen LogP contribution is 1.96. The summed E-state index contributed by atoms with van der Waals surface area (Å²) in [4.78, 5) is 43.2. The maximum Gasteiger partial charge on any atom is 0.338 e. The minimum atomic E-state index is -1.03. The van der Waals surface area contributed by atoms with Crippen molar-refractivity contribution in [3.8, 4) is 0 Å². The van der Waals surface area contributed by atoms with E-state index in [1.54, 1.807) is 6.26 Å². The van der Waals surface area contributed by atoms with Gasteiger partial charge in [-0.15, -0.1) is 0 Å². The molecule has 17 heavy (non-hydrogen) atoms. The second-order valence-electron chi connectivity index (χ2n) is 2.45. The van der Waals surface area contributed by atoms with Crippen LogP contribution in [0.5, 0.6) is 0 Å². The van der Waals surface area contributed by atoms with E-state index < -0.39 is 17.9 Å². The zero-order valence-corrected chi connectivity index (χ0v) is 9.98. The van der Waals surface area contributed by atoms with Crippen molar-refractivity contribution < 1.29 is 28.7 Å². The average molecular weight is 258 g/mol. The van der Waals surface area contributed by atoms with Crippen LogP contribution < -0.4 is 0 Å². The first kappa shape index (κ1) is 15.1. The van der Waals surface area contributed by atoms with Crippen LogP contribution in [0.25, 0.3) is 0 Å². The quantitative estimate of drug-likeness (QED) is 0.405. The molecule has 92 valence electrons. The third-order valence-electron chi connectivity index (χ3n) is 1.31. The molecule has 0 atom stereocenters. The lowest BCUT2D eigenvalue weighted by molar-refractivity contribution is -0.152. The largest absolute Gasteiger partial charge is 0.466 e. The first-order valence-electron chi connectivity index (χ1n) is 4.27. The molecule has 0 aliphatic carbocycles. The monoisotopic (exact) mass is 258 g/mol. The Balaban J connectivity index is 4.18.